The van der Waals surface area contributed by atoms with Crippen molar-refractivity contribution in [3.63, 3.8) is 0 Å². The van der Waals surface area contributed by atoms with Gasteiger partial charge in [-0.15, -0.1) is 0 Å². The van der Waals surface area contributed by atoms with Gasteiger partial charge >= 0.3 is 0 Å². The molecule has 3 nitrogen and oxygen atoms in total. The van der Waals surface area contributed by atoms with Crippen molar-refractivity contribution in [2.45, 2.75) is 56.9 Å². The van der Waals surface area contributed by atoms with E-state index in [2.05, 4.69) is 50.4 Å². The number of carbonyl (C=O) groups excluding carboxylic acids is 1. The summed E-state index contributed by atoms with van der Waals surface area (Å²) >= 11 is 3.47. The molecule has 1 aromatic rings. The number of hydrogen-bond acceptors (Lipinski definition) is 2. The lowest BCUT2D eigenvalue weighted by molar-refractivity contribution is -0.123. The summed E-state index contributed by atoms with van der Waals surface area (Å²) in [6.07, 6.45) is 8.96. The van der Waals surface area contributed by atoms with Crippen LogP contribution in [0, 0.1) is 11.8 Å². The van der Waals surface area contributed by atoms with Gasteiger partial charge in [-0.1, -0.05) is 40.9 Å². The van der Waals surface area contributed by atoms with E-state index in [1.807, 2.05) is 0 Å². The lowest BCUT2D eigenvalue weighted by atomic mass is 10.0. The fourth-order valence-electron chi connectivity index (χ4n) is 4.69. The molecule has 2 atom stereocenters. The summed E-state index contributed by atoms with van der Waals surface area (Å²) < 4.78 is 1.10. The number of hydrogen-bond donors (Lipinski definition) is 1. The second kappa shape index (κ2) is 7.79. The summed E-state index contributed by atoms with van der Waals surface area (Å²) in [5.41, 5.74) is 1.30. The van der Waals surface area contributed by atoms with Gasteiger partial charge in [-0.3, -0.25) is 4.79 Å². The van der Waals surface area contributed by atoms with Crippen molar-refractivity contribution in [3.05, 3.63) is 34.3 Å². The van der Waals surface area contributed by atoms with E-state index in [-0.39, 0.29) is 11.8 Å². The molecular weight excluding hydrogens is 376 g/mol. The van der Waals surface area contributed by atoms with Gasteiger partial charge in [0.05, 0.1) is 0 Å². The molecule has 25 heavy (non-hydrogen) atoms. The van der Waals surface area contributed by atoms with Crippen LogP contribution < -0.4 is 5.32 Å². The first-order chi connectivity index (χ1) is 12.2. The molecule has 0 bridgehead atoms. The number of halogens is 1. The van der Waals surface area contributed by atoms with Gasteiger partial charge in [0.25, 0.3) is 0 Å². The van der Waals surface area contributed by atoms with E-state index in [0.29, 0.717) is 12.0 Å². The van der Waals surface area contributed by atoms with Gasteiger partial charge in [-0.25, -0.2) is 0 Å². The second-order valence-electron chi connectivity index (χ2n) is 8.23. The predicted octanol–water partition coefficient (Wildman–Crippen LogP) is 4.32. The molecule has 1 saturated heterocycles. The second-order valence-corrected chi connectivity index (χ2v) is 9.15. The van der Waals surface area contributed by atoms with E-state index < -0.39 is 0 Å². The molecule has 1 aromatic carbocycles. The molecule has 0 unspecified atom stereocenters. The number of rotatable bonds is 5. The number of benzene rings is 1. The molecule has 0 aromatic heterocycles. The number of piperidine rings is 1. The third-order valence-corrected chi connectivity index (χ3v) is 6.88. The minimum atomic E-state index is 0.192. The Morgan fingerprint density at radius 2 is 1.76 bits per heavy atom. The first kappa shape index (κ1) is 17.5. The Morgan fingerprint density at radius 1 is 1.08 bits per heavy atom. The molecule has 2 aliphatic carbocycles. The summed E-state index contributed by atoms with van der Waals surface area (Å²) in [7, 11) is 0. The number of nitrogens with one attached hydrogen (secondary N) is 1. The zero-order valence-corrected chi connectivity index (χ0v) is 16.5. The molecule has 1 amide bonds. The number of likely N-dealkylation sites (tertiary alicyclic amines) is 1. The lowest BCUT2D eigenvalue weighted by Gasteiger charge is -2.33. The molecule has 3 fully saturated rings. The van der Waals surface area contributed by atoms with E-state index in [0.717, 1.165) is 42.7 Å². The minimum absolute atomic E-state index is 0.192. The molecule has 3 aliphatic rings. The standard InChI is InChI=1S/C21H29BrN2O/c22-17-7-5-16(6-8-17)19-13-20(19)21(25)23-18-9-11-24(12-10-18)14-15-3-1-2-4-15/h5-8,15,18-20H,1-4,9-14H2,(H,23,25)/t19-,20-/m1/s1. The summed E-state index contributed by atoms with van der Waals surface area (Å²) in [4.78, 5) is 15.2. The molecule has 0 spiro atoms. The van der Waals surface area contributed by atoms with Gasteiger partial charge in [0.15, 0.2) is 0 Å². The summed E-state index contributed by atoms with van der Waals surface area (Å²) in [5, 5.41) is 3.33. The third kappa shape index (κ3) is 4.46. The quantitative estimate of drug-likeness (QED) is 0.791. The Morgan fingerprint density at radius 3 is 2.44 bits per heavy atom. The molecule has 1 aliphatic heterocycles. The van der Waals surface area contributed by atoms with Crippen molar-refractivity contribution < 1.29 is 4.79 Å². The van der Waals surface area contributed by atoms with E-state index in [9.17, 15) is 4.79 Å². The maximum Gasteiger partial charge on any atom is 0.223 e. The molecule has 2 saturated carbocycles. The fourth-order valence-corrected chi connectivity index (χ4v) is 4.95. The van der Waals surface area contributed by atoms with Crippen molar-refractivity contribution in [1.82, 2.24) is 10.2 Å². The molecule has 1 heterocycles. The Balaban J connectivity index is 1.20. The molecule has 136 valence electrons. The molecule has 4 heteroatoms. The molecule has 4 rings (SSSR count). The minimum Gasteiger partial charge on any atom is -0.353 e. The van der Waals surface area contributed by atoms with Crippen LogP contribution >= 0.6 is 15.9 Å². The normalized spacial score (nSPS) is 28.2. The average Bonchev–Trinajstić information content (AvgIpc) is 3.26. The Labute approximate surface area is 159 Å². The van der Waals surface area contributed by atoms with Gasteiger partial charge in [0.1, 0.15) is 0 Å². The highest BCUT2D eigenvalue weighted by molar-refractivity contribution is 9.10. The van der Waals surface area contributed by atoms with Crippen molar-refractivity contribution in [3.8, 4) is 0 Å². The van der Waals surface area contributed by atoms with Crippen LogP contribution in [0.25, 0.3) is 0 Å². The number of amides is 1. The highest BCUT2D eigenvalue weighted by atomic mass is 79.9. The molecular formula is C21H29BrN2O. The van der Waals surface area contributed by atoms with Crippen LogP contribution in [0.15, 0.2) is 28.7 Å². The maximum atomic E-state index is 12.6. The summed E-state index contributed by atoms with van der Waals surface area (Å²) in [6.45, 7) is 3.60. The SMILES string of the molecule is O=C(NC1CCN(CC2CCCC2)CC1)[C@@H]1C[C@@H]1c1ccc(Br)cc1. The first-order valence-electron chi connectivity index (χ1n) is 9.97. The van der Waals surface area contributed by atoms with Gasteiger partial charge in [-0.2, -0.15) is 0 Å². The molecule has 1 N–H and O–H groups in total. The lowest BCUT2D eigenvalue weighted by Crippen LogP contribution is -2.46. The van der Waals surface area contributed by atoms with Crippen LogP contribution in [0.2, 0.25) is 0 Å². The smallest absolute Gasteiger partial charge is 0.223 e. The van der Waals surface area contributed by atoms with Gasteiger partial charge in [-0.05, 0) is 61.6 Å². The number of nitrogens with zero attached hydrogens (tertiary/aromatic N) is 1. The van der Waals surface area contributed by atoms with Crippen LogP contribution in [0.1, 0.15) is 56.4 Å². The Kier molecular flexibility index (Phi) is 5.47. The zero-order chi connectivity index (χ0) is 17.2. The van der Waals surface area contributed by atoms with Crippen LogP contribution in [-0.2, 0) is 4.79 Å². The van der Waals surface area contributed by atoms with Gasteiger partial charge < -0.3 is 10.2 Å². The average molecular weight is 405 g/mol. The van der Waals surface area contributed by atoms with Gasteiger partial charge in [0.2, 0.25) is 5.91 Å². The highest BCUT2D eigenvalue weighted by Crippen LogP contribution is 2.47. The van der Waals surface area contributed by atoms with E-state index in [4.69, 9.17) is 0 Å². The van der Waals surface area contributed by atoms with Crippen LogP contribution in [0.3, 0.4) is 0 Å². The zero-order valence-electron chi connectivity index (χ0n) is 14.9. The third-order valence-electron chi connectivity index (χ3n) is 6.35. The highest BCUT2D eigenvalue weighted by Gasteiger charge is 2.44. The van der Waals surface area contributed by atoms with Crippen molar-refractivity contribution in [2.24, 2.45) is 11.8 Å². The van der Waals surface area contributed by atoms with Crippen LogP contribution in [-0.4, -0.2) is 36.5 Å². The van der Waals surface area contributed by atoms with Crippen molar-refractivity contribution >= 4 is 21.8 Å². The van der Waals surface area contributed by atoms with Gasteiger partial charge in [0, 0.05) is 36.1 Å². The first-order valence-corrected chi connectivity index (χ1v) is 10.8. The Bertz CT molecular complexity index is 588. The monoisotopic (exact) mass is 404 g/mol. The van der Waals surface area contributed by atoms with Crippen molar-refractivity contribution in [1.29, 1.82) is 0 Å². The predicted molar refractivity (Wildman–Crippen MR) is 105 cm³/mol. The fraction of sp³-hybridized carbons (Fsp3) is 0.667. The van der Waals surface area contributed by atoms with Crippen LogP contribution in [0.5, 0.6) is 0 Å². The van der Waals surface area contributed by atoms with Crippen molar-refractivity contribution in [2.75, 3.05) is 19.6 Å². The number of carbonyl (C=O) groups is 1. The summed E-state index contributed by atoms with van der Waals surface area (Å²) in [5.74, 6) is 1.83. The van der Waals surface area contributed by atoms with E-state index in [1.165, 1.54) is 37.8 Å². The Hall–Kier alpha value is -0.870. The molecule has 0 radical (unpaired) electrons. The maximum absolute atomic E-state index is 12.6. The largest absolute Gasteiger partial charge is 0.353 e. The topological polar surface area (TPSA) is 32.3 Å². The van der Waals surface area contributed by atoms with E-state index in [1.54, 1.807) is 0 Å². The van der Waals surface area contributed by atoms with E-state index >= 15 is 0 Å². The van der Waals surface area contributed by atoms with Crippen LogP contribution in [0.4, 0.5) is 0 Å². The summed E-state index contributed by atoms with van der Waals surface area (Å²) in [6, 6.07) is 8.82.